The Morgan fingerprint density at radius 3 is 2.56 bits per heavy atom. The second kappa shape index (κ2) is 5.27. The molecule has 0 amide bonds. The van der Waals surface area contributed by atoms with Gasteiger partial charge >= 0.3 is 0 Å². The number of benzene rings is 1. The van der Waals surface area contributed by atoms with E-state index in [4.69, 9.17) is 0 Å². The average Bonchev–Trinajstić information content (AvgIpc) is 2.39. The van der Waals surface area contributed by atoms with Gasteiger partial charge in [0.05, 0.1) is 5.69 Å². The number of hydrogen-bond acceptors (Lipinski definition) is 4. The number of aryl methyl sites for hydroxylation is 1. The maximum Gasteiger partial charge on any atom is 0.275 e. The summed E-state index contributed by atoms with van der Waals surface area (Å²) >= 11 is 4.07. The van der Waals surface area contributed by atoms with Crippen LogP contribution >= 0.6 is 12.6 Å². The van der Waals surface area contributed by atoms with E-state index in [9.17, 15) is 9.90 Å². The molecule has 0 aliphatic heterocycles. The Morgan fingerprint density at radius 1 is 1.33 bits per heavy atom. The molecule has 0 aliphatic rings. The number of thiol groups is 1. The first-order valence-electron chi connectivity index (χ1n) is 5.68. The van der Waals surface area contributed by atoms with E-state index in [1.54, 1.807) is 0 Å². The highest BCUT2D eigenvalue weighted by molar-refractivity contribution is 7.79. The third-order valence-corrected chi connectivity index (χ3v) is 3.02. The van der Waals surface area contributed by atoms with Gasteiger partial charge in [-0.1, -0.05) is 19.1 Å². The lowest BCUT2D eigenvalue weighted by Crippen LogP contribution is -2.21. The maximum atomic E-state index is 11.8. The van der Waals surface area contributed by atoms with Gasteiger partial charge in [0.25, 0.3) is 5.56 Å². The van der Waals surface area contributed by atoms with Gasteiger partial charge < -0.3 is 5.11 Å². The highest BCUT2D eigenvalue weighted by Gasteiger charge is 2.07. The molecule has 1 heterocycles. The van der Waals surface area contributed by atoms with Crippen LogP contribution in [0.4, 0.5) is 0 Å². The first kappa shape index (κ1) is 12.7. The van der Waals surface area contributed by atoms with E-state index < -0.39 is 0 Å². The van der Waals surface area contributed by atoms with Crippen molar-refractivity contribution in [3.63, 3.8) is 0 Å². The molecule has 0 unspecified atom stereocenters. The number of nitrogens with zero attached hydrogens (tertiary/aromatic N) is 2. The maximum absolute atomic E-state index is 11.8. The van der Waals surface area contributed by atoms with Gasteiger partial charge in [-0.05, 0) is 24.1 Å². The molecule has 1 aromatic heterocycles. The summed E-state index contributed by atoms with van der Waals surface area (Å²) in [6, 6.07) is 8.75. The number of aromatic hydroxyl groups is 1. The van der Waals surface area contributed by atoms with E-state index in [1.165, 1.54) is 10.2 Å². The van der Waals surface area contributed by atoms with Crippen molar-refractivity contribution in [1.29, 1.82) is 0 Å². The zero-order chi connectivity index (χ0) is 13.1. The Kier molecular flexibility index (Phi) is 3.72. The van der Waals surface area contributed by atoms with Gasteiger partial charge in [0.15, 0.2) is 0 Å². The van der Waals surface area contributed by atoms with E-state index in [0.29, 0.717) is 11.4 Å². The van der Waals surface area contributed by atoms with Gasteiger partial charge in [-0.25, -0.2) is 0 Å². The molecule has 0 saturated carbocycles. The fourth-order valence-electron chi connectivity index (χ4n) is 1.65. The van der Waals surface area contributed by atoms with E-state index in [0.717, 1.165) is 12.5 Å². The van der Waals surface area contributed by atoms with Crippen LogP contribution in [0.15, 0.2) is 35.1 Å². The fraction of sp³-hybridized carbons (Fsp3) is 0.231. The zero-order valence-electron chi connectivity index (χ0n) is 10.00. The SMILES string of the molecule is CCc1ccc(-n2nc(CS)c(O)cc2=O)cc1. The van der Waals surface area contributed by atoms with Crippen molar-refractivity contribution in [3.8, 4) is 11.4 Å². The van der Waals surface area contributed by atoms with Crippen LogP contribution in [0.1, 0.15) is 18.2 Å². The van der Waals surface area contributed by atoms with Crippen molar-refractivity contribution in [2.45, 2.75) is 19.1 Å². The summed E-state index contributed by atoms with van der Waals surface area (Å²) in [6.45, 7) is 2.07. The number of aromatic nitrogens is 2. The third kappa shape index (κ3) is 2.41. The summed E-state index contributed by atoms with van der Waals surface area (Å²) in [5.41, 5.74) is 1.90. The van der Waals surface area contributed by atoms with Crippen LogP contribution < -0.4 is 5.56 Å². The lowest BCUT2D eigenvalue weighted by molar-refractivity contribution is 0.460. The van der Waals surface area contributed by atoms with Gasteiger partial charge in [0.1, 0.15) is 11.4 Å². The van der Waals surface area contributed by atoms with Crippen molar-refractivity contribution in [3.05, 3.63) is 51.9 Å². The lowest BCUT2D eigenvalue weighted by atomic mass is 10.1. The molecule has 18 heavy (non-hydrogen) atoms. The van der Waals surface area contributed by atoms with Crippen LogP contribution in [-0.4, -0.2) is 14.9 Å². The fourth-order valence-corrected chi connectivity index (χ4v) is 1.88. The Labute approximate surface area is 110 Å². The molecule has 0 atom stereocenters. The van der Waals surface area contributed by atoms with Crippen LogP contribution in [0.2, 0.25) is 0 Å². The molecule has 0 saturated heterocycles. The third-order valence-electron chi connectivity index (χ3n) is 2.72. The van der Waals surface area contributed by atoms with Crippen molar-refractivity contribution in [2.75, 3.05) is 0 Å². The minimum Gasteiger partial charge on any atom is -0.506 e. The first-order valence-corrected chi connectivity index (χ1v) is 6.31. The van der Waals surface area contributed by atoms with Crippen LogP contribution in [0.3, 0.4) is 0 Å². The normalized spacial score (nSPS) is 10.6. The van der Waals surface area contributed by atoms with Gasteiger partial charge in [-0.2, -0.15) is 22.4 Å². The van der Waals surface area contributed by atoms with E-state index in [1.807, 2.05) is 24.3 Å². The second-order valence-corrected chi connectivity index (χ2v) is 4.22. The minimum absolute atomic E-state index is 0.114. The molecule has 2 rings (SSSR count). The Hall–Kier alpha value is -1.75. The molecule has 2 aromatic rings. The quantitative estimate of drug-likeness (QED) is 0.831. The predicted molar refractivity (Wildman–Crippen MR) is 73.6 cm³/mol. The zero-order valence-corrected chi connectivity index (χ0v) is 10.9. The molecule has 1 aromatic carbocycles. The summed E-state index contributed by atoms with van der Waals surface area (Å²) in [5.74, 6) is 0.163. The van der Waals surface area contributed by atoms with Crippen LogP contribution in [0.25, 0.3) is 5.69 Å². The lowest BCUT2D eigenvalue weighted by Gasteiger charge is -2.08. The first-order chi connectivity index (χ1) is 8.65. The molecular formula is C13H14N2O2S. The molecule has 1 N–H and O–H groups in total. The van der Waals surface area contributed by atoms with E-state index in [-0.39, 0.29) is 17.1 Å². The van der Waals surface area contributed by atoms with Crippen LogP contribution in [-0.2, 0) is 12.2 Å². The van der Waals surface area contributed by atoms with Crippen LogP contribution in [0.5, 0.6) is 5.75 Å². The Bertz CT molecular complexity index is 605. The van der Waals surface area contributed by atoms with E-state index in [2.05, 4.69) is 24.7 Å². The molecule has 0 bridgehead atoms. The molecule has 0 aliphatic carbocycles. The van der Waals surface area contributed by atoms with Gasteiger partial charge in [0.2, 0.25) is 0 Å². The van der Waals surface area contributed by atoms with Crippen molar-refractivity contribution in [2.24, 2.45) is 0 Å². The average molecular weight is 262 g/mol. The summed E-state index contributed by atoms with van der Waals surface area (Å²) < 4.78 is 1.27. The topological polar surface area (TPSA) is 55.1 Å². The largest absolute Gasteiger partial charge is 0.506 e. The predicted octanol–water partition coefficient (Wildman–Crippen LogP) is 1.93. The van der Waals surface area contributed by atoms with Gasteiger partial charge in [0, 0.05) is 11.8 Å². The Balaban J connectivity index is 2.52. The molecule has 5 heteroatoms. The minimum atomic E-state index is -0.359. The van der Waals surface area contributed by atoms with E-state index >= 15 is 0 Å². The smallest absolute Gasteiger partial charge is 0.275 e. The summed E-state index contributed by atoms with van der Waals surface area (Å²) in [4.78, 5) is 11.8. The summed E-state index contributed by atoms with van der Waals surface area (Å²) in [6.07, 6.45) is 0.945. The molecule has 0 spiro atoms. The highest BCUT2D eigenvalue weighted by Crippen LogP contribution is 2.14. The molecule has 4 nitrogen and oxygen atoms in total. The summed E-state index contributed by atoms with van der Waals surface area (Å²) in [7, 11) is 0. The monoisotopic (exact) mass is 262 g/mol. The van der Waals surface area contributed by atoms with Gasteiger partial charge in [-0.3, -0.25) is 4.79 Å². The summed E-state index contributed by atoms with van der Waals surface area (Å²) in [5, 5.41) is 13.6. The Morgan fingerprint density at radius 2 is 2.00 bits per heavy atom. The standard InChI is InChI=1S/C13H14N2O2S/c1-2-9-3-5-10(6-4-9)15-13(17)7-12(16)11(8-18)14-15/h3-7,16,18H,2,8H2,1H3. The number of hydrogen-bond donors (Lipinski definition) is 2. The highest BCUT2D eigenvalue weighted by atomic mass is 32.1. The molecule has 0 fully saturated rings. The van der Waals surface area contributed by atoms with Crippen LogP contribution in [0, 0.1) is 0 Å². The van der Waals surface area contributed by atoms with Crippen molar-refractivity contribution >= 4 is 12.6 Å². The number of rotatable bonds is 3. The molecular weight excluding hydrogens is 248 g/mol. The molecule has 94 valence electrons. The van der Waals surface area contributed by atoms with Crippen molar-refractivity contribution in [1.82, 2.24) is 9.78 Å². The van der Waals surface area contributed by atoms with Crippen molar-refractivity contribution < 1.29 is 5.11 Å². The second-order valence-electron chi connectivity index (χ2n) is 3.90. The molecule has 0 radical (unpaired) electrons. The van der Waals surface area contributed by atoms with Gasteiger partial charge in [-0.15, -0.1) is 0 Å².